The number of rotatable bonds is 1. The second-order valence-electron chi connectivity index (χ2n) is 1.94. The third-order valence-corrected chi connectivity index (χ3v) is 1.62. The number of hydrogen-bond donors (Lipinski definition) is 0. The largest absolute Gasteiger partial charge is 0.468 e. The maximum atomic E-state index is 11.7. The highest BCUT2D eigenvalue weighted by molar-refractivity contribution is 8.00. The molecule has 0 N–H and O–H groups in total. The molecule has 1 rings (SSSR count). The Kier molecular flexibility index (Phi) is 2.17. The Morgan fingerprint density at radius 1 is 1.45 bits per heavy atom. The van der Waals surface area contributed by atoms with Gasteiger partial charge in [-0.25, -0.2) is 0 Å². The Morgan fingerprint density at radius 3 is 2.45 bits per heavy atom. The van der Waals surface area contributed by atoms with Crippen LogP contribution in [0.1, 0.15) is 5.76 Å². The van der Waals surface area contributed by atoms with Gasteiger partial charge in [0, 0.05) is 0 Å². The van der Waals surface area contributed by atoms with E-state index >= 15 is 0 Å². The van der Waals surface area contributed by atoms with Gasteiger partial charge in [-0.2, -0.15) is 13.2 Å². The van der Waals surface area contributed by atoms with Crippen LogP contribution < -0.4 is 0 Å². The van der Waals surface area contributed by atoms with Gasteiger partial charge in [0.25, 0.3) is 0 Å². The predicted molar refractivity (Wildman–Crippen MR) is 35.4 cm³/mol. The van der Waals surface area contributed by atoms with Gasteiger partial charge < -0.3 is 4.42 Å². The molecule has 0 spiro atoms. The summed E-state index contributed by atoms with van der Waals surface area (Å²) in [5.41, 5.74) is -4.23. The van der Waals surface area contributed by atoms with Crippen molar-refractivity contribution in [3.05, 3.63) is 18.1 Å². The highest BCUT2D eigenvalue weighted by Gasteiger charge is 2.29. The van der Waals surface area contributed by atoms with Gasteiger partial charge >= 0.3 is 5.51 Å². The number of furan rings is 1. The smallest absolute Gasteiger partial charge is 0.446 e. The van der Waals surface area contributed by atoms with Crippen molar-refractivity contribution in [2.75, 3.05) is 0 Å². The minimum Gasteiger partial charge on any atom is -0.468 e. The summed E-state index contributed by atoms with van der Waals surface area (Å²) in [6, 6.07) is 1.35. The van der Waals surface area contributed by atoms with Gasteiger partial charge in [0.15, 0.2) is 0 Å². The van der Waals surface area contributed by atoms with E-state index in [4.69, 9.17) is 0 Å². The van der Waals surface area contributed by atoms with Crippen LogP contribution in [0.2, 0.25) is 0 Å². The van der Waals surface area contributed by atoms with Crippen LogP contribution in [0, 0.1) is 6.92 Å². The molecule has 0 aliphatic heterocycles. The number of alkyl halides is 3. The summed E-state index contributed by atoms with van der Waals surface area (Å²) in [6.45, 7) is 1.60. The van der Waals surface area contributed by atoms with Crippen molar-refractivity contribution in [2.45, 2.75) is 17.3 Å². The van der Waals surface area contributed by atoms with Crippen LogP contribution in [0.25, 0.3) is 0 Å². The zero-order valence-electron chi connectivity index (χ0n) is 5.61. The molecule has 1 nitrogen and oxygen atoms in total. The molecule has 0 aromatic carbocycles. The van der Waals surface area contributed by atoms with Crippen molar-refractivity contribution in [1.82, 2.24) is 0 Å². The molecule has 0 amide bonds. The van der Waals surface area contributed by atoms with Crippen LogP contribution >= 0.6 is 11.8 Å². The average Bonchev–Trinajstić information content (AvgIpc) is 2.10. The molecule has 0 saturated carbocycles. The molecule has 11 heavy (non-hydrogen) atoms. The molecule has 0 saturated heterocycles. The van der Waals surface area contributed by atoms with E-state index in [9.17, 15) is 13.2 Å². The first-order chi connectivity index (χ1) is 4.97. The number of halogens is 3. The maximum absolute atomic E-state index is 11.7. The van der Waals surface area contributed by atoms with Gasteiger partial charge in [-0.3, -0.25) is 0 Å². The maximum Gasteiger partial charge on any atom is 0.446 e. The van der Waals surface area contributed by atoms with Gasteiger partial charge in [0.2, 0.25) is 0 Å². The second-order valence-corrected chi connectivity index (χ2v) is 3.08. The van der Waals surface area contributed by atoms with Gasteiger partial charge in [-0.1, -0.05) is 0 Å². The van der Waals surface area contributed by atoms with Crippen molar-refractivity contribution in [1.29, 1.82) is 0 Å². The monoisotopic (exact) mass is 182 g/mol. The summed E-state index contributed by atoms with van der Waals surface area (Å²) in [5, 5.41) is 0. The van der Waals surface area contributed by atoms with E-state index in [1.54, 1.807) is 6.92 Å². The molecule has 5 heteroatoms. The summed E-state index contributed by atoms with van der Waals surface area (Å²) < 4.78 is 39.7. The molecule has 0 unspecified atom stereocenters. The van der Waals surface area contributed by atoms with Gasteiger partial charge in [-0.15, -0.1) is 0 Å². The molecule has 0 aliphatic carbocycles. The topological polar surface area (TPSA) is 13.1 Å². The van der Waals surface area contributed by atoms with E-state index in [0.717, 1.165) is 6.26 Å². The van der Waals surface area contributed by atoms with E-state index in [2.05, 4.69) is 4.42 Å². The van der Waals surface area contributed by atoms with Crippen LogP contribution in [0.15, 0.2) is 21.6 Å². The van der Waals surface area contributed by atoms with Crippen molar-refractivity contribution >= 4 is 11.8 Å². The van der Waals surface area contributed by atoms with E-state index in [-0.39, 0.29) is 16.7 Å². The van der Waals surface area contributed by atoms with Gasteiger partial charge in [0.1, 0.15) is 12.0 Å². The lowest BCUT2D eigenvalue weighted by Crippen LogP contribution is -1.97. The zero-order chi connectivity index (χ0) is 8.48. The van der Waals surface area contributed by atoms with E-state index in [1.807, 2.05) is 0 Å². The third kappa shape index (κ3) is 2.88. The minimum atomic E-state index is -4.23. The highest BCUT2D eigenvalue weighted by Crippen LogP contribution is 2.37. The predicted octanol–water partition coefficient (Wildman–Crippen LogP) is 3.20. The first-order valence-corrected chi connectivity index (χ1v) is 3.60. The lowest BCUT2D eigenvalue weighted by Gasteiger charge is -2.00. The lowest BCUT2D eigenvalue weighted by molar-refractivity contribution is -0.0328. The Morgan fingerprint density at radius 2 is 2.09 bits per heavy atom. The third-order valence-electron chi connectivity index (χ3n) is 0.940. The van der Waals surface area contributed by atoms with Crippen molar-refractivity contribution in [3.8, 4) is 0 Å². The summed E-state index contributed by atoms with van der Waals surface area (Å²) in [6.07, 6.45) is 1.09. The van der Waals surface area contributed by atoms with E-state index < -0.39 is 5.51 Å². The molecule has 1 heterocycles. The number of aryl methyl sites for hydroxylation is 1. The SMILES string of the molecule is Cc1cc(SC(F)(F)F)co1. The fraction of sp³-hybridized carbons (Fsp3) is 0.333. The molecular weight excluding hydrogens is 177 g/mol. The number of thioether (sulfide) groups is 1. The van der Waals surface area contributed by atoms with Crippen LogP contribution in [0.3, 0.4) is 0 Å². The van der Waals surface area contributed by atoms with Gasteiger partial charge in [-0.05, 0) is 24.8 Å². The summed E-state index contributed by atoms with van der Waals surface area (Å²) in [4.78, 5) is 0.0926. The molecule has 62 valence electrons. The Labute approximate surface area is 65.6 Å². The van der Waals surface area contributed by atoms with Crippen molar-refractivity contribution in [2.24, 2.45) is 0 Å². The van der Waals surface area contributed by atoms with Crippen molar-refractivity contribution in [3.63, 3.8) is 0 Å². The highest BCUT2D eigenvalue weighted by atomic mass is 32.2. The molecule has 0 bridgehead atoms. The van der Waals surface area contributed by atoms with E-state index in [1.165, 1.54) is 6.07 Å². The van der Waals surface area contributed by atoms with Crippen LogP contribution in [0.5, 0.6) is 0 Å². The van der Waals surface area contributed by atoms with E-state index in [0.29, 0.717) is 5.76 Å². The molecule has 0 atom stereocenters. The van der Waals surface area contributed by atoms with Crippen molar-refractivity contribution < 1.29 is 17.6 Å². The standard InChI is InChI=1S/C6H5F3OS/c1-4-2-5(3-10-4)11-6(7,8)9/h2-3H,1H3. The number of hydrogen-bond acceptors (Lipinski definition) is 2. The molecule has 0 fully saturated rings. The molecule has 1 aromatic heterocycles. The fourth-order valence-electron chi connectivity index (χ4n) is 0.607. The Bertz CT molecular complexity index is 240. The quantitative estimate of drug-likeness (QED) is 0.618. The fourth-order valence-corrected chi connectivity index (χ4v) is 1.19. The summed E-state index contributed by atoms with van der Waals surface area (Å²) in [5.74, 6) is 0.483. The molecule has 0 radical (unpaired) electrons. The van der Waals surface area contributed by atoms with Crippen LogP contribution in [-0.4, -0.2) is 5.51 Å². The Balaban J connectivity index is 2.65. The molecular formula is C6H5F3OS. The summed E-state index contributed by atoms with van der Waals surface area (Å²) in [7, 11) is 0. The lowest BCUT2D eigenvalue weighted by atomic mass is 10.5. The van der Waals surface area contributed by atoms with Crippen LogP contribution in [-0.2, 0) is 0 Å². The zero-order valence-corrected chi connectivity index (χ0v) is 6.42. The molecule has 0 aliphatic rings. The Hall–Kier alpha value is -0.580. The second kappa shape index (κ2) is 2.81. The minimum absolute atomic E-state index is 0.0926. The van der Waals surface area contributed by atoms with Crippen LogP contribution in [0.4, 0.5) is 13.2 Å². The average molecular weight is 182 g/mol. The molecule has 1 aromatic rings. The first-order valence-electron chi connectivity index (χ1n) is 2.78. The summed E-state index contributed by atoms with van der Waals surface area (Å²) >= 11 is -0.172. The van der Waals surface area contributed by atoms with Gasteiger partial charge in [0.05, 0.1) is 4.90 Å². The normalized spacial score (nSPS) is 12.0. The first kappa shape index (κ1) is 8.52.